The second kappa shape index (κ2) is 6.46. The van der Waals surface area contributed by atoms with Crippen molar-refractivity contribution in [3.05, 3.63) is 0 Å². The van der Waals surface area contributed by atoms with Crippen LogP contribution in [0.15, 0.2) is 0 Å². The molecule has 0 aliphatic heterocycles. The van der Waals surface area contributed by atoms with Gasteiger partial charge in [0.25, 0.3) is 0 Å². The molecule has 0 aliphatic rings. The van der Waals surface area contributed by atoms with Gasteiger partial charge >= 0.3 is 11.9 Å². The third kappa shape index (κ3) is 6.13. The van der Waals surface area contributed by atoms with Crippen LogP contribution in [0.2, 0.25) is 0 Å². The van der Waals surface area contributed by atoms with E-state index in [1.54, 1.807) is 0 Å². The van der Waals surface area contributed by atoms with Crippen LogP contribution in [0.4, 0.5) is 0 Å². The first kappa shape index (κ1) is 11.9. The molecule has 0 bridgehead atoms. The fourth-order valence-electron chi connectivity index (χ4n) is 1.16. The number of carboxylic acid groups (broad SMARTS) is 2. The first-order valence-corrected chi connectivity index (χ1v) is 4.52. The normalized spacial score (nSPS) is 12.4. The first-order valence-electron chi connectivity index (χ1n) is 4.52. The largest absolute Gasteiger partial charge is 0.481 e. The van der Waals surface area contributed by atoms with Gasteiger partial charge in [-0.05, 0) is 6.42 Å². The first-order chi connectivity index (χ1) is 6.07. The molecule has 0 aromatic rings. The lowest BCUT2D eigenvalue weighted by Gasteiger charge is -2.08. The molecule has 4 heteroatoms. The number of unbranched alkanes of at least 4 members (excludes halogenated alkanes) is 2. The van der Waals surface area contributed by atoms with Crippen LogP contribution in [0.3, 0.4) is 0 Å². The van der Waals surface area contributed by atoms with Gasteiger partial charge in [-0.15, -0.1) is 0 Å². The molecule has 0 spiro atoms. The third-order valence-corrected chi connectivity index (χ3v) is 1.93. The molecule has 0 fully saturated rings. The molecule has 1 atom stereocenters. The summed E-state index contributed by atoms with van der Waals surface area (Å²) in [6.07, 6.45) is 2.97. The van der Waals surface area contributed by atoms with Gasteiger partial charge in [0.2, 0.25) is 0 Å². The van der Waals surface area contributed by atoms with Crippen molar-refractivity contribution in [3.8, 4) is 0 Å². The minimum atomic E-state index is -1.04. The molecule has 0 aliphatic carbocycles. The number of carboxylic acids is 2. The van der Waals surface area contributed by atoms with E-state index in [9.17, 15) is 9.59 Å². The quantitative estimate of drug-likeness (QED) is 0.597. The second-order valence-electron chi connectivity index (χ2n) is 3.13. The SMILES string of the molecule is CCCCC[C@@H](CC(=O)O)C(=O)O. The van der Waals surface area contributed by atoms with Crippen LogP contribution in [-0.4, -0.2) is 22.2 Å². The van der Waals surface area contributed by atoms with Crippen LogP contribution < -0.4 is 0 Å². The second-order valence-corrected chi connectivity index (χ2v) is 3.13. The van der Waals surface area contributed by atoms with E-state index in [0.29, 0.717) is 6.42 Å². The van der Waals surface area contributed by atoms with E-state index < -0.39 is 17.9 Å². The minimum Gasteiger partial charge on any atom is -0.481 e. The lowest BCUT2D eigenvalue weighted by atomic mass is 9.98. The molecule has 0 saturated heterocycles. The molecule has 0 unspecified atom stereocenters. The fraction of sp³-hybridized carbons (Fsp3) is 0.778. The molecular formula is C9H16O4. The highest BCUT2D eigenvalue weighted by atomic mass is 16.4. The predicted molar refractivity (Wildman–Crippen MR) is 47.5 cm³/mol. The lowest BCUT2D eigenvalue weighted by Crippen LogP contribution is -2.17. The topological polar surface area (TPSA) is 74.6 Å². The van der Waals surface area contributed by atoms with E-state index in [0.717, 1.165) is 19.3 Å². The van der Waals surface area contributed by atoms with Gasteiger partial charge < -0.3 is 10.2 Å². The van der Waals surface area contributed by atoms with Gasteiger partial charge in [-0.2, -0.15) is 0 Å². The van der Waals surface area contributed by atoms with E-state index in [1.807, 2.05) is 6.92 Å². The van der Waals surface area contributed by atoms with E-state index in [-0.39, 0.29) is 6.42 Å². The molecule has 13 heavy (non-hydrogen) atoms. The Morgan fingerprint density at radius 3 is 2.23 bits per heavy atom. The van der Waals surface area contributed by atoms with E-state index in [1.165, 1.54) is 0 Å². The van der Waals surface area contributed by atoms with Crippen LogP contribution in [0.25, 0.3) is 0 Å². The molecule has 0 saturated carbocycles. The molecule has 2 N–H and O–H groups in total. The summed E-state index contributed by atoms with van der Waals surface area (Å²) in [5.74, 6) is -2.76. The maximum absolute atomic E-state index is 10.6. The summed E-state index contributed by atoms with van der Waals surface area (Å²) in [4.78, 5) is 20.8. The van der Waals surface area contributed by atoms with Gasteiger partial charge in [0.1, 0.15) is 0 Å². The summed E-state index contributed by atoms with van der Waals surface area (Å²) >= 11 is 0. The predicted octanol–water partition coefficient (Wildman–Crippen LogP) is 1.74. The summed E-state index contributed by atoms with van der Waals surface area (Å²) in [7, 11) is 0. The smallest absolute Gasteiger partial charge is 0.307 e. The van der Waals surface area contributed by atoms with Gasteiger partial charge in [0.05, 0.1) is 12.3 Å². The summed E-state index contributed by atoms with van der Waals surface area (Å²) < 4.78 is 0. The van der Waals surface area contributed by atoms with Crippen molar-refractivity contribution >= 4 is 11.9 Å². The highest BCUT2D eigenvalue weighted by molar-refractivity contribution is 5.77. The van der Waals surface area contributed by atoms with Crippen molar-refractivity contribution in [2.45, 2.75) is 39.0 Å². The average molecular weight is 188 g/mol. The van der Waals surface area contributed by atoms with E-state index in [4.69, 9.17) is 10.2 Å². The maximum atomic E-state index is 10.6. The Balaban J connectivity index is 3.81. The highest BCUT2D eigenvalue weighted by Gasteiger charge is 2.19. The summed E-state index contributed by atoms with van der Waals surface area (Å²) in [6.45, 7) is 2.02. The molecule has 0 aromatic heterocycles. The maximum Gasteiger partial charge on any atom is 0.307 e. The van der Waals surface area contributed by atoms with E-state index >= 15 is 0 Å². The van der Waals surface area contributed by atoms with Crippen molar-refractivity contribution in [1.82, 2.24) is 0 Å². The van der Waals surface area contributed by atoms with Crippen molar-refractivity contribution in [2.75, 3.05) is 0 Å². The average Bonchev–Trinajstić information content (AvgIpc) is 2.02. The number of hydrogen-bond donors (Lipinski definition) is 2. The monoisotopic (exact) mass is 188 g/mol. The summed E-state index contributed by atoms with van der Waals surface area (Å²) in [6, 6.07) is 0. The van der Waals surface area contributed by atoms with Gasteiger partial charge in [-0.1, -0.05) is 26.2 Å². The van der Waals surface area contributed by atoms with Crippen molar-refractivity contribution in [2.24, 2.45) is 5.92 Å². The van der Waals surface area contributed by atoms with Gasteiger partial charge in [-0.25, -0.2) is 0 Å². The zero-order valence-corrected chi connectivity index (χ0v) is 7.82. The van der Waals surface area contributed by atoms with Crippen LogP contribution in [0.5, 0.6) is 0 Å². The molecular weight excluding hydrogens is 172 g/mol. The third-order valence-electron chi connectivity index (χ3n) is 1.93. The number of aliphatic carboxylic acids is 2. The highest BCUT2D eigenvalue weighted by Crippen LogP contribution is 2.13. The molecule has 0 aromatic carbocycles. The fourth-order valence-corrected chi connectivity index (χ4v) is 1.16. The molecule has 4 nitrogen and oxygen atoms in total. The number of rotatable bonds is 7. The van der Waals surface area contributed by atoms with Crippen molar-refractivity contribution in [1.29, 1.82) is 0 Å². The molecule has 76 valence electrons. The molecule has 0 amide bonds. The minimum absolute atomic E-state index is 0.265. The Bertz CT molecular complexity index is 176. The van der Waals surface area contributed by atoms with Gasteiger partial charge in [-0.3, -0.25) is 9.59 Å². The van der Waals surface area contributed by atoms with Crippen LogP contribution >= 0.6 is 0 Å². The Hall–Kier alpha value is -1.06. The van der Waals surface area contributed by atoms with Crippen LogP contribution in [-0.2, 0) is 9.59 Å². The van der Waals surface area contributed by atoms with Gasteiger partial charge in [0.15, 0.2) is 0 Å². The Kier molecular flexibility index (Phi) is 5.93. The zero-order chi connectivity index (χ0) is 10.3. The Labute approximate surface area is 77.6 Å². The number of carbonyl (C=O) groups is 2. The van der Waals surface area contributed by atoms with Gasteiger partial charge in [0, 0.05) is 0 Å². The standard InChI is InChI=1S/C9H16O4/c1-2-3-4-5-7(9(12)13)6-8(10)11/h7H,2-6H2,1H3,(H,10,11)(H,12,13)/t7-/m0/s1. The van der Waals surface area contributed by atoms with Crippen molar-refractivity contribution in [3.63, 3.8) is 0 Å². The zero-order valence-electron chi connectivity index (χ0n) is 7.82. The lowest BCUT2D eigenvalue weighted by molar-refractivity contribution is -0.148. The summed E-state index contributed by atoms with van der Waals surface area (Å²) in [5.41, 5.74) is 0. The van der Waals surface area contributed by atoms with E-state index in [2.05, 4.69) is 0 Å². The van der Waals surface area contributed by atoms with Crippen LogP contribution in [0, 0.1) is 5.92 Å². The Morgan fingerprint density at radius 2 is 1.85 bits per heavy atom. The molecule has 0 radical (unpaired) electrons. The molecule has 0 rings (SSSR count). The molecule has 0 heterocycles. The van der Waals surface area contributed by atoms with Crippen molar-refractivity contribution < 1.29 is 19.8 Å². The Morgan fingerprint density at radius 1 is 1.23 bits per heavy atom. The summed E-state index contributed by atoms with van der Waals surface area (Å²) in [5, 5.41) is 17.1. The van der Waals surface area contributed by atoms with Crippen LogP contribution in [0.1, 0.15) is 39.0 Å². The number of hydrogen-bond acceptors (Lipinski definition) is 2.